The van der Waals surface area contributed by atoms with Crippen molar-refractivity contribution in [3.05, 3.63) is 60.2 Å². The smallest absolute Gasteiger partial charge is 0.345 e. The van der Waals surface area contributed by atoms with Crippen LogP contribution in [0, 0.1) is 0 Å². The zero-order valence-corrected chi connectivity index (χ0v) is 12.1. The fraction of sp³-hybridized carbons (Fsp3) is 0.176. The van der Waals surface area contributed by atoms with Gasteiger partial charge in [-0.15, -0.1) is 0 Å². The van der Waals surface area contributed by atoms with Gasteiger partial charge in [-0.25, -0.2) is 9.59 Å². The standard InChI is InChI=1S/C17H16O5/c1-2-14(16(18)19)22-17(20)13-10-6-7-11-15(13)21-12-8-4-3-5-9-12/h3-11,14H,2H2,1H3,(H,18,19). The van der Waals surface area contributed by atoms with Crippen molar-refractivity contribution < 1.29 is 24.2 Å². The Balaban J connectivity index is 2.21. The Morgan fingerprint density at radius 2 is 1.68 bits per heavy atom. The average Bonchev–Trinajstić information content (AvgIpc) is 2.53. The molecule has 0 aliphatic heterocycles. The van der Waals surface area contributed by atoms with Gasteiger partial charge in [0, 0.05) is 0 Å². The number of carboxylic acids is 1. The fourth-order valence-electron chi connectivity index (χ4n) is 1.84. The van der Waals surface area contributed by atoms with Crippen LogP contribution in [0.15, 0.2) is 54.6 Å². The van der Waals surface area contributed by atoms with E-state index < -0.39 is 18.0 Å². The van der Waals surface area contributed by atoms with Gasteiger partial charge in [0.25, 0.3) is 0 Å². The van der Waals surface area contributed by atoms with Crippen LogP contribution in [0.3, 0.4) is 0 Å². The van der Waals surface area contributed by atoms with E-state index in [0.717, 1.165) is 0 Å². The van der Waals surface area contributed by atoms with Gasteiger partial charge < -0.3 is 14.6 Å². The van der Waals surface area contributed by atoms with Crippen LogP contribution in [0.1, 0.15) is 23.7 Å². The second-order valence-electron chi connectivity index (χ2n) is 4.55. The number of para-hydroxylation sites is 2. The molecular weight excluding hydrogens is 284 g/mol. The van der Waals surface area contributed by atoms with Gasteiger partial charge in [-0.1, -0.05) is 37.3 Å². The zero-order chi connectivity index (χ0) is 15.9. The SMILES string of the molecule is CCC(OC(=O)c1ccccc1Oc1ccccc1)C(=O)O. The molecule has 5 nitrogen and oxygen atoms in total. The second-order valence-corrected chi connectivity index (χ2v) is 4.55. The van der Waals surface area contributed by atoms with Gasteiger partial charge in [0.05, 0.1) is 0 Å². The molecule has 2 rings (SSSR count). The van der Waals surface area contributed by atoms with E-state index in [0.29, 0.717) is 11.5 Å². The first-order valence-corrected chi connectivity index (χ1v) is 6.87. The van der Waals surface area contributed by atoms with Gasteiger partial charge in [-0.3, -0.25) is 0 Å². The number of aliphatic carboxylic acids is 1. The van der Waals surface area contributed by atoms with E-state index in [-0.39, 0.29) is 12.0 Å². The molecule has 1 unspecified atom stereocenters. The molecule has 0 amide bonds. The first kappa shape index (κ1) is 15.6. The summed E-state index contributed by atoms with van der Waals surface area (Å²) in [7, 11) is 0. The summed E-state index contributed by atoms with van der Waals surface area (Å²) < 4.78 is 10.7. The van der Waals surface area contributed by atoms with Crippen molar-refractivity contribution in [2.75, 3.05) is 0 Å². The molecule has 114 valence electrons. The Hall–Kier alpha value is -2.82. The quantitative estimate of drug-likeness (QED) is 0.827. The highest BCUT2D eigenvalue weighted by molar-refractivity contribution is 5.94. The maximum Gasteiger partial charge on any atom is 0.345 e. The van der Waals surface area contributed by atoms with Crippen LogP contribution in [0.4, 0.5) is 0 Å². The van der Waals surface area contributed by atoms with Crippen LogP contribution in [0.25, 0.3) is 0 Å². The van der Waals surface area contributed by atoms with Crippen LogP contribution < -0.4 is 4.74 Å². The lowest BCUT2D eigenvalue weighted by Gasteiger charge is -2.14. The van der Waals surface area contributed by atoms with Gasteiger partial charge >= 0.3 is 11.9 Å². The summed E-state index contributed by atoms with van der Waals surface area (Å²) in [4.78, 5) is 23.1. The van der Waals surface area contributed by atoms with E-state index >= 15 is 0 Å². The summed E-state index contributed by atoms with van der Waals surface area (Å²) in [5.74, 6) is -0.995. The van der Waals surface area contributed by atoms with Crippen LogP contribution in [0.5, 0.6) is 11.5 Å². The molecule has 0 spiro atoms. The number of rotatable bonds is 6. The number of ether oxygens (including phenoxy) is 2. The molecule has 22 heavy (non-hydrogen) atoms. The molecule has 0 radical (unpaired) electrons. The molecule has 2 aromatic carbocycles. The summed E-state index contributed by atoms with van der Waals surface area (Å²) in [5.41, 5.74) is 0.186. The van der Waals surface area contributed by atoms with Crippen molar-refractivity contribution >= 4 is 11.9 Å². The lowest BCUT2D eigenvalue weighted by atomic mass is 10.2. The molecular formula is C17H16O5. The van der Waals surface area contributed by atoms with Crippen LogP contribution >= 0.6 is 0 Å². The zero-order valence-electron chi connectivity index (χ0n) is 12.1. The molecule has 0 heterocycles. The molecule has 5 heteroatoms. The Bertz CT molecular complexity index is 651. The Morgan fingerprint density at radius 1 is 1.05 bits per heavy atom. The van der Waals surface area contributed by atoms with E-state index in [1.54, 1.807) is 37.3 Å². The predicted molar refractivity (Wildman–Crippen MR) is 80.1 cm³/mol. The van der Waals surface area contributed by atoms with Gasteiger partial charge in [-0.2, -0.15) is 0 Å². The van der Waals surface area contributed by atoms with E-state index in [2.05, 4.69) is 0 Å². The average molecular weight is 300 g/mol. The molecule has 1 atom stereocenters. The number of carbonyl (C=O) groups excluding carboxylic acids is 1. The number of hydrogen-bond acceptors (Lipinski definition) is 4. The summed E-state index contributed by atoms with van der Waals surface area (Å²) in [6.45, 7) is 1.64. The Kier molecular flexibility index (Phi) is 5.14. The Labute approximate surface area is 128 Å². The van der Waals surface area contributed by atoms with E-state index in [9.17, 15) is 9.59 Å². The number of carbonyl (C=O) groups is 2. The van der Waals surface area contributed by atoms with Crippen molar-refractivity contribution in [2.24, 2.45) is 0 Å². The van der Waals surface area contributed by atoms with E-state index in [1.165, 1.54) is 6.07 Å². The van der Waals surface area contributed by atoms with Gasteiger partial charge in [-0.05, 0) is 30.7 Å². The summed E-state index contributed by atoms with van der Waals surface area (Å²) in [6, 6.07) is 15.6. The highest BCUT2D eigenvalue weighted by Gasteiger charge is 2.23. The number of esters is 1. The Morgan fingerprint density at radius 3 is 2.32 bits per heavy atom. The molecule has 2 aromatic rings. The maximum atomic E-state index is 12.2. The minimum absolute atomic E-state index is 0.186. The summed E-state index contributed by atoms with van der Waals surface area (Å²) in [6.07, 6.45) is -0.972. The largest absolute Gasteiger partial charge is 0.479 e. The van der Waals surface area contributed by atoms with Gasteiger partial charge in [0.15, 0.2) is 6.10 Å². The molecule has 0 saturated carbocycles. The highest BCUT2D eigenvalue weighted by atomic mass is 16.6. The molecule has 0 saturated heterocycles. The first-order valence-electron chi connectivity index (χ1n) is 6.87. The third kappa shape index (κ3) is 3.85. The molecule has 0 bridgehead atoms. The van der Waals surface area contributed by atoms with Gasteiger partial charge in [0.2, 0.25) is 0 Å². The number of benzene rings is 2. The van der Waals surface area contributed by atoms with E-state index in [1.807, 2.05) is 18.2 Å². The van der Waals surface area contributed by atoms with Crippen LogP contribution in [-0.4, -0.2) is 23.1 Å². The molecule has 0 aromatic heterocycles. The van der Waals surface area contributed by atoms with E-state index in [4.69, 9.17) is 14.6 Å². The lowest BCUT2D eigenvalue weighted by molar-refractivity contribution is -0.147. The van der Waals surface area contributed by atoms with Crippen LogP contribution in [-0.2, 0) is 9.53 Å². The van der Waals surface area contributed by atoms with Crippen molar-refractivity contribution in [1.29, 1.82) is 0 Å². The summed E-state index contributed by atoms with van der Waals surface area (Å²) >= 11 is 0. The normalized spacial score (nSPS) is 11.5. The number of carboxylic acid groups (broad SMARTS) is 1. The van der Waals surface area contributed by atoms with Crippen molar-refractivity contribution in [2.45, 2.75) is 19.4 Å². The van der Waals surface area contributed by atoms with Gasteiger partial charge in [0.1, 0.15) is 17.1 Å². The predicted octanol–water partition coefficient (Wildman–Crippen LogP) is 3.50. The minimum atomic E-state index is -1.17. The first-order chi connectivity index (χ1) is 10.6. The van der Waals surface area contributed by atoms with Crippen LogP contribution in [0.2, 0.25) is 0 Å². The maximum absolute atomic E-state index is 12.2. The van der Waals surface area contributed by atoms with Crippen molar-refractivity contribution in [3.8, 4) is 11.5 Å². The molecule has 0 aliphatic carbocycles. The third-order valence-electron chi connectivity index (χ3n) is 2.97. The molecule has 1 N–H and O–H groups in total. The highest BCUT2D eigenvalue weighted by Crippen LogP contribution is 2.26. The molecule has 0 aliphatic rings. The van der Waals surface area contributed by atoms with Crippen molar-refractivity contribution in [3.63, 3.8) is 0 Å². The fourth-order valence-corrected chi connectivity index (χ4v) is 1.84. The minimum Gasteiger partial charge on any atom is -0.479 e. The van der Waals surface area contributed by atoms with Crippen molar-refractivity contribution in [1.82, 2.24) is 0 Å². The summed E-state index contributed by atoms with van der Waals surface area (Å²) in [5, 5.41) is 8.97. The monoisotopic (exact) mass is 300 g/mol. The topological polar surface area (TPSA) is 72.8 Å². The lowest BCUT2D eigenvalue weighted by Crippen LogP contribution is -2.26. The molecule has 0 fully saturated rings. The third-order valence-corrected chi connectivity index (χ3v) is 2.97. The second kappa shape index (κ2) is 7.26. The number of hydrogen-bond donors (Lipinski definition) is 1.